The molecule has 0 aliphatic rings. The number of nitrogens with zero attached hydrogens (tertiary/aromatic N) is 2. The smallest absolute Gasteiger partial charge is 0.266 e. The average molecular weight is 349 g/mol. The fourth-order valence-electron chi connectivity index (χ4n) is 1.71. The first-order valence-corrected chi connectivity index (χ1v) is 7.15. The minimum absolute atomic E-state index is 0.0586. The molecule has 0 aliphatic heterocycles. The summed E-state index contributed by atoms with van der Waals surface area (Å²) in [5.74, 6) is 0.806. The van der Waals surface area contributed by atoms with E-state index < -0.39 is 0 Å². The number of H-pyrrole nitrogens is 1. The molecule has 0 fully saturated rings. The lowest BCUT2D eigenvalue weighted by Crippen LogP contribution is -2.34. The highest BCUT2D eigenvalue weighted by Gasteiger charge is 2.16. The fourth-order valence-corrected chi connectivity index (χ4v) is 2.32. The largest absolute Gasteiger partial charge is 0.353 e. The van der Waals surface area contributed by atoms with Crippen molar-refractivity contribution in [2.75, 3.05) is 11.4 Å². The van der Waals surface area contributed by atoms with Crippen LogP contribution in [0.5, 0.6) is 0 Å². The third-order valence-corrected chi connectivity index (χ3v) is 3.65. The summed E-state index contributed by atoms with van der Waals surface area (Å²) in [5, 5.41) is 0. The predicted molar refractivity (Wildman–Crippen MR) is 79.6 cm³/mol. The van der Waals surface area contributed by atoms with Crippen LogP contribution in [0.3, 0.4) is 0 Å². The summed E-state index contributed by atoms with van der Waals surface area (Å²) in [5.41, 5.74) is -0.0586. The fraction of sp³-hybridized carbons (Fsp3) is 0.667. The van der Waals surface area contributed by atoms with Crippen LogP contribution in [0.25, 0.3) is 0 Å². The Kier molecular flexibility index (Phi) is 5.94. The molecule has 1 rings (SSSR count). The van der Waals surface area contributed by atoms with Crippen molar-refractivity contribution in [2.45, 2.75) is 46.1 Å². The van der Waals surface area contributed by atoms with Crippen LogP contribution < -0.4 is 10.5 Å². The van der Waals surface area contributed by atoms with Gasteiger partial charge in [-0.05, 0) is 42.9 Å². The molecule has 0 aromatic carbocycles. The Morgan fingerprint density at radius 3 is 2.76 bits per heavy atom. The first-order chi connectivity index (χ1) is 8.07. The van der Waals surface area contributed by atoms with Crippen molar-refractivity contribution in [2.24, 2.45) is 0 Å². The van der Waals surface area contributed by atoms with Crippen molar-refractivity contribution in [3.05, 3.63) is 20.3 Å². The van der Waals surface area contributed by atoms with Gasteiger partial charge in [0.25, 0.3) is 5.56 Å². The van der Waals surface area contributed by atoms with Crippen LogP contribution >= 0.6 is 22.6 Å². The minimum Gasteiger partial charge on any atom is -0.353 e. The Balaban J connectivity index is 2.90. The molecule has 0 radical (unpaired) electrons. The zero-order valence-corrected chi connectivity index (χ0v) is 12.8. The molecule has 1 heterocycles. The van der Waals surface area contributed by atoms with E-state index in [4.69, 9.17) is 0 Å². The Labute approximate surface area is 116 Å². The molecule has 0 aliphatic carbocycles. The van der Waals surface area contributed by atoms with Crippen LogP contribution in [0.1, 0.15) is 40.0 Å². The normalized spacial score (nSPS) is 10.9. The van der Waals surface area contributed by atoms with Crippen LogP contribution in [-0.4, -0.2) is 22.6 Å². The van der Waals surface area contributed by atoms with Crippen molar-refractivity contribution < 1.29 is 0 Å². The Morgan fingerprint density at radius 2 is 2.18 bits per heavy atom. The van der Waals surface area contributed by atoms with Crippen molar-refractivity contribution in [1.82, 2.24) is 9.97 Å². The summed E-state index contributed by atoms with van der Waals surface area (Å²) < 4.78 is 0.676. The van der Waals surface area contributed by atoms with Gasteiger partial charge in [0.2, 0.25) is 0 Å². The standard InChI is InChI=1S/C12H20IN3O/c1-4-5-6-7-16(9(2)3)11-10(13)12(17)15-8-14-11/h8-9H,4-7H2,1-3H3,(H,14,15,17). The molecule has 1 aromatic rings. The number of hydrogen-bond acceptors (Lipinski definition) is 3. The lowest BCUT2D eigenvalue weighted by Gasteiger charge is -2.28. The van der Waals surface area contributed by atoms with Gasteiger partial charge >= 0.3 is 0 Å². The molecule has 17 heavy (non-hydrogen) atoms. The lowest BCUT2D eigenvalue weighted by molar-refractivity contribution is 0.617. The van der Waals surface area contributed by atoms with E-state index >= 15 is 0 Å². The van der Waals surface area contributed by atoms with Gasteiger partial charge < -0.3 is 9.88 Å². The van der Waals surface area contributed by atoms with Crippen molar-refractivity contribution in [1.29, 1.82) is 0 Å². The van der Waals surface area contributed by atoms with Crippen LogP contribution in [0.2, 0.25) is 0 Å². The summed E-state index contributed by atoms with van der Waals surface area (Å²) in [6, 6.07) is 0.356. The van der Waals surface area contributed by atoms with Gasteiger partial charge in [0.1, 0.15) is 9.39 Å². The van der Waals surface area contributed by atoms with Gasteiger partial charge in [-0.2, -0.15) is 0 Å². The number of unbranched alkanes of at least 4 members (excludes halogenated alkanes) is 2. The summed E-state index contributed by atoms with van der Waals surface area (Å²) in [6.45, 7) is 7.41. The number of aromatic amines is 1. The summed E-state index contributed by atoms with van der Waals surface area (Å²) in [4.78, 5) is 20.7. The van der Waals surface area contributed by atoms with Gasteiger partial charge in [-0.3, -0.25) is 4.79 Å². The summed E-state index contributed by atoms with van der Waals surface area (Å²) >= 11 is 2.07. The van der Waals surface area contributed by atoms with E-state index in [1.165, 1.54) is 19.2 Å². The zero-order chi connectivity index (χ0) is 12.8. The molecule has 1 N–H and O–H groups in total. The van der Waals surface area contributed by atoms with Gasteiger partial charge in [-0.1, -0.05) is 19.8 Å². The molecule has 0 saturated heterocycles. The Hall–Kier alpha value is -0.590. The molecule has 0 unspecified atom stereocenters. The second kappa shape index (κ2) is 6.98. The first kappa shape index (κ1) is 14.5. The molecule has 1 aromatic heterocycles. The molecule has 0 bridgehead atoms. The molecule has 0 spiro atoms. The Morgan fingerprint density at radius 1 is 1.47 bits per heavy atom. The molecule has 0 amide bonds. The number of hydrogen-bond donors (Lipinski definition) is 1. The van der Waals surface area contributed by atoms with Crippen molar-refractivity contribution >= 4 is 28.4 Å². The topological polar surface area (TPSA) is 49.0 Å². The lowest BCUT2D eigenvalue weighted by atomic mass is 10.2. The van der Waals surface area contributed by atoms with Crippen LogP contribution in [-0.2, 0) is 0 Å². The number of nitrogens with one attached hydrogen (secondary N) is 1. The summed E-state index contributed by atoms with van der Waals surface area (Å²) in [7, 11) is 0. The highest BCUT2D eigenvalue weighted by molar-refractivity contribution is 14.1. The quantitative estimate of drug-likeness (QED) is 0.635. The maximum absolute atomic E-state index is 11.6. The molecule has 0 atom stereocenters. The van der Waals surface area contributed by atoms with E-state index in [1.807, 2.05) is 0 Å². The van der Waals surface area contributed by atoms with Gasteiger partial charge in [-0.25, -0.2) is 4.98 Å². The second-order valence-corrected chi connectivity index (χ2v) is 5.44. The molecule has 4 nitrogen and oxygen atoms in total. The first-order valence-electron chi connectivity index (χ1n) is 6.07. The minimum atomic E-state index is -0.0586. The van der Waals surface area contributed by atoms with Crippen molar-refractivity contribution in [3.8, 4) is 0 Å². The summed E-state index contributed by atoms with van der Waals surface area (Å²) in [6.07, 6.45) is 5.03. The van der Waals surface area contributed by atoms with E-state index in [2.05, 4.69) is 58.2 Å². The third kappa shape index (κ3) is 3.97. The van der Waals surface area contributed by atoms with Crippen LogP contribution in [0.4, 0.5) is 5.82 Å². The maximum Gasteiger partial charge on any atom is 0.266 e. The third-order valence-electron chi connectivity index (χ3n) is 2.68. The van der Waals surface area contributed by atoms with E-state index in [9.17, 15) is 4.79 Å². The molecule has 96 valence electrons. The van der Waals surface area contributed by atoms with E-state index in [0.717, 1.165) is 18.8 Å². The highest BCUT2D eigenvalue weighted by Crippen LogP contribution is 2.18. The van der Waals surface area contributed by atoms with Crippen LogP contribution in [0.15, 0.2) is 11.1 Å². The molecular formula is C12H20IN3O. The monoisotopic (exact) mass is 349 g/mol. The SMILES string of the molecule is CCCCCN(c1nc[nH]c(=O)c1I)C(C)C. The van der Waals surface area contributed by atoms with Gasteiger partial charge in [0.05, 0.1) is 6.33 Å². The number of rotatable bonds is 6. The molecular weight excluding hydrogens is 329 g/mol. The average Bonchev–Trinajstić information content (AvgIpc) is 2.29. The number of halogens is 1. The van der Waals surface area contributed by atoms with E-state index in [1.54, 1.807) is 0 Å². The number of anilines is 1. The molecule has 5 heteroatoms. The second-order valence-electron chi connectivity index (χ2n) is 4.36. The number of aromatic nitrogens is 2. The van der Waals surface area contributed by atoms with Crippen LogP contribution in [0, 0.1) is 3.57 Å². The molecule has 0 saturated carbocycles. The maximum atomic E-state index is 11.6. The predicted octanol–water partition coefficient (Wildman–Crippen LogP) is 2.78. The van der Waals surface area contributed by atoms with E-state index in [0.29, 0.717) is 9.61 Å². The highest BCUT2D eigenvalue weighted by atomic mass is 127. The van der Waals surface area contributed by atoms with Crippen molar-refractivity contribution in [3.63, 3.8) is 0 Å². The van der Waals surface area contributed by atoms with Gasteiger partial charge in [-0.15, -0.1) is 0 Å². The van der Waals surface area contributed by atoms with E-state index in [-0.39, 0.29) is 5.56 Å². The zero-order valence-electron chi connectivity index (χ0n) is 10.7. The van der Waals surface area contributed by atoms with Gasteiger partial charge in [0, 0.05) is 12.6 Å². The Bertz CT molecular complexity index is 403. The van der Waals surface area contributed by atoms with Gasteiger partial charge in [0.15, 0.2) is 0 Å².